The molecule has 6 nitrogen and oxygen atoms in total. The van der Waals surface area contributed by atoms with Crippen molar-refractivity contribution in [2.45, 2.75) is 19.9 Å². The molecule has 2 aromatic heterocycles. The number of fused-ring (bicyclic) bond motifs is 1. The topological polar surface area (TPSA) is 70.9 Å². The van der Waals surface area contributed by atoms with E-state index in [2.05, 4.69) is 16.1 Å². The molecule has 0 radical (unpaired) electrons. The second-order valence-corrected chi connectivity index (χ2v) is 5.10. The van der Waals surface area contributed by atoms with Crippen LogP contribution in [-0.4, -0.2) is 26.4 Å². The van der Waals surface area contributed by atoms with Crippen molar-refractivity contribution in [1.29, 1.82) is 0 Å². The molecule has 0 amide bonds. The lowest BCUT2D eigenvalue weighted by atomic mass is 10.1. The predicted molar refractivity (Wildman–Crippen MR) is 82.3 cm³/mol. The molecule has 0 atom stereocenters. The average molecular weight is 285 g/mol. The molecule has 6 heteroatoms. The molecule has 0 spiro atoms. The maximum Gasteiger partial charge on any atom is 0.202 e. The Morgan fingerprint density at radius 2 is 2.14 bits per heavy atom. The van der Waals surface area contributed by atoms with Crippen LogP contribution in [0.3, 0.4) is 0 Å². The highest BCUT2D eigenvalue weighted by molar-refractivity contribution is 5.77. The maximum absolute atomic E-state index is 6.04. The highest BCUT2D eigenvalue weighted by Gasteiger charge is 2.15. The first-order chi connectivity index (χ1) is 10.1. The second kappa shape index (κ2) is 5.12. The number of hydrogen-bond donors (Lipinski definition) is 1. The molecule has 21 heavy (non-hydrogen) atoms. The summed E-state index contributed by atoms with van der Waals surface area (Å²) in [6.07, 6.45) is 0.858. The summed E-state index contributed by atoms with van der Waals surface area (Å²) in [5.41, 5.74) is 9.99. The monoisotopic (exact) mass is 285 g/mol. The fraction of sp³-hybridized carbons (Fsp3) is 0.333. The van der Waals surface area contributed by atoms with Crippen LogP contribution in [0, 0.1) is 6.92 Å². The van der Waals surface area contributed by atoms with E-state index in [-0.39, 0.29) is 0 Å². The van der Waals surface area contributed by atoms with Gasteiger partial charge in [-0.2, -0.15) is 5.10 Å². The van der Waals surface area contributed by atoms with Crippen LogP contribution in [0.25, 0.3) is 11.2 Å². The molecule has 0 unspecified atom stereocenters. The normalized spacial score (nSPS) is 11.2. The first-order valence-corrected chi connectivity index (χ1v) is 6.88. The van der Waals surface area contributed by atoms with Gasteiger partial charge in [0.1, 0.15) is 11.3 Å². The number of imidazole rings is 1. The highest BCUT2D eigenvalue weighted by Crippen LogP contribution is 2.21. The van der Waals surface area contributed by atoms with Crippen LogP contribution < -0.4 is 10.5 Å². The van der Waals surface area contributed by atoms with Crippen LogP contribution in [0.4, 0.5) is 5.95 Å². The number of aryl methyl sites for hydroxylation is 4. The summed E-state index contributed by atoms with van der Waals surface area (Å²) in [4.78, 5) is 4.41. The van der Waals surface area contributed by atoms with Gasteiger partial charge in [0, 0.05) is 13.6 Å². The largest absolute Gasteiger partial charge is 0.497 e. The number of ether oxygens (including phenoxy) is 1. The van der Waals surface area contributed by atoms with E-state index in [0.717, 1.165) is 35.6 Å². The molecule has 1 aromatic carbocycles. The third-order valence-corrected chi connectivity index (χ3v) is 3.68. The Hall–Kier alpha value is -2.50. The second-order valence-electron chi connectivity index (χ2n) is 5.10. The Morgan fingerprint density at radius 1 is 1.33 bits per heavy atom. The zero-order valence-electron chi connectivity index (χ0n) is 12.5. The summed E-state index contributed by atoms with van der Waals surface area (Å²) in [6.45, 7) is 2.70. The van der Waals surface area contributed by atoms with E-state index in [1.807, 2.05) is 41.4 Å². The molecular formula is C15H19N5O. The first kappa shape index (κ1) is 13.5. The molecule has 0 fully saturated rings. The number of aromatic nitrogens is 4. The standard InChI is InChI=1S/C15H19N5O/c1-10-13-14(19(2)18-10)20(15(16)17-13)8-7-11-5-4-6-12(9-11)21-3/h4-6,9H,7-8H2,1-3H3,(H2,16,17). The van der Waals surface area contributed by atoms with Crippen LogP contribution >= 0.6 is 0 Å². The van der Waals surface area contributed by atoms with Gasteiger partial charge in [0.2, 0.25) is 5.95 Å². The van der Waals surface area contributed by atoms with Gasteiger partial charge in [-0.15, -0.1) is 0 Å². The number of nitrogens with two attached hydrogens (primary N) is 1. The maximum atomic E-state index is 6.04. The van der Waals surface area contributed by atoms with Gasteiger partial charge in [-0.25, -0.2) is 4.98 Å². The zero-order valence-corrected chi connectivity index (χ0v) is 12.5. The molecule has 0 bridgehead atoms. The summed E-state index contributed by atoms with van der Waals surface area (Å²) in [6, 6.07) is 8.06. The molecule has 0 saturated heterocycles. The summed E-state index contributed by atoms with van der Waals surface area (Å²) in [7, 11) is 3.59. The van der Waals surface area contributed by atoms with Gasteiger partial charge in [-0.1, -0.05) is 12.1 Å². The van der Waals surface area contributed by atoms with Crippen molar-refractivity contribution in [3.8, 4) is 5.75 Å². The molecule has 2 N–H and O–H groups in total. The smallest absolute Gasteiger partial charge is 0.202 e. The number of rotatable bonds is 4. The minimum absolute atomic E-state index is 0.531. The quantitative estimate of drug-likeness (QED) is 0.795. The number of hydrogen-bond acceptors (Lipinski definition) is 4. The highest BCUT2D eigenvalue weighted by atomic mass is 16.5. The molecular weight excluding hydrogens is 266 g/mol. The van der Waals surface area contributed by atoms with Crippen molar-refractivity contribution < 1.29 is 4.74 Å². The summed E-state index contributed by atoms with van der Waals surface area (Å²) < 4.78 is 9.09. The van der Waals surface area contributed by atoms with Gasteiger partial charge in [0.05, 0.1) is 12.8 Å². The molecule has 3 rings (SSSR count). The number of anilines is 1. The summed E-state index contributed by atoms with van der Waals surface area (Å²) in [5.74, 6) is 1.40. The van der Waals surface area contributed by atoms with Crippen molar-refractivity contribution in [2.75, 3.05) is 12.8 Å². The van der Waals surface area contributed by atoms with Crippen molar-refractivity contribution in [3.63, 3.8) is 0 Å². The zero-order chi connectivity index (χ0) is 15.0. The van der Waals surface area contributed by atoms with E-state index >= 15 is 0 Å². The minimum atomic E-state index is 0.531. The lowest BCUT2D eigenvalue weighted by Gasteiger charge is -2.08. The Kier molecular flexibility index (Phi) is 3.29. The number of nitrogens with zero attached hydrogens (tertiary/aromatic N) is 4. The Balaban J connectivity index is 1.89. The van der Waals surface area contributed by atoms with Gasteiger partial charge in [-0.3, -0.25) is 9.25 Å². The molecule has 3 aromatic rings. The number of nitrogen functional groups attached to an aromatic ring is 1. The van der Waals surface area contributed by atoms with E-state index < -0.39 is 0 Å². The van der Waals surface area contributed by atoms with Gasteiger partial charge in [-0.05, 0) is 31.0 Å². The van der Waals surface area contributed by atoms with Crippen LogP contribution in [-0.2, 0) is 20.0 Å². The summed E-state index contributed by atoms with van der Waals surface area (Å²) >= 11 is 0. The fourth-order valence-electron chi connectivity index (χ4n) is 2.64. The predicted octanol–water partition coefficient (Wildman–Crippen LogP) is 1.91. The molecule has 0 aliphatic rings. The number of methoxy groups -OCH3 is 1. The van der Waals surface area contributed by atoms with Crippen LogP contribution in [0.2, 0.25) is 0 Å². The van der Waals surface area contributed by atoms with Crippen molar-refractivity contribution >= 4 is 17.1 Å². The van der Waals surface area contributed by atoms with Crippen LogP contribution in [0.15, 0.2) is 24.3 Å². The van der Waals surface area contributed by atoms with Crippen LogP contribution in [0.5, 0.6) is 5.75 Å². The van der Waals surface area contributed by atoms with Crippen molar-refractivity contribution in [2.24, 2.45) is 7.05 Å². The van der Waals surface area contributed by atoms with E-state index in [1.165, 1.54) is 5.56 Å². The van der Waals surface area contributed by atoms with Crippen molar-refractivity contribution in [1.82, 2.24) is 19.3 Å². The Labute approximate surface area is 123 Å². The van der Waals surface area contributed by atoms with Gasteiger partial charge >= 0.3 is 0 Å². The van der Waals surface area contributed by atoms with Gasteiger partial charge in [0.15, 0.2) is 5.65 Å². The van der Waals surface area contributed by atoms with E-state index in [4.69, 9.17) is 10.5 Å². The lowest BCUT2D eigenvalue weighted by Crippen LogP contribution is -2.08. The average Bonchev–Trinajstić information content (AvgIpc) is 2.95. The molecule has 0 aliphatic carbocycles. The van der Waals surface area contributed by atoms with E-state index in [9.17, 15) is 0 Å². The van der Waals surface area contributed by atoms with Gasteiger partial charge in [0.25, 0.3) is 0 Å². The Bertz CT molecular complexity index is 787. The SMILES string of the molecule is COc1cccc(CCn2c(N)nc3c(C)nn(C)c32)c1. The lowest BCUT2D eigenvalue weighted by molar-refractivity contribution is 0.414. The number of benzene rings is 1. The van der Waals surface area contributed by atoms with E-state index in [0.29, 0.717) is 5.95 Å². The third kappa shape index (κ3) is 2.33. The van der Waals surface area contributed by atoms with Gasteiger partial charge < -0.3 is 10.5 Å². The van der Waals surface area contributed by atoms with Crippen LogP contribution in [0.1, 0.15) is 11.3 Å². The fourth-order valence-corrected chi connectivity index (χ4v) is 2.64. The van der Waals surface area contributed by atoms with E-state index in [1.54, 1.807) is 7.11 Å². The van der Waals surface area contributed by atoms with Crippen molar-refractivity contribution in [3.05, 3.63) is 35.5 Å². The minimum Gasteiger partial charge on any atom is -0.497 e. The molecule has 0 aliphatic heterocycles. The summed E-state index contributed by atoms with van der Waals surface area (Å²) in [5, 5.41) is 4.39. The molecule has 110 valence electrons. The third-order valence-electron chi connectivity index (χ3n) is 3.68. The molecule has 0 saturated carbocycles. The molecule has 2 heterocycles. The first-order valence-electron chi connectivity index (χ1n) is 6.88. The Morgan fingerprint density at radius 3 is 2.90 bits per heavy atom.